The predicted octanol–water partition coefficient (Wildman–Crippen LogP) is -0.478. The van der Waals surface area contributed by atoms with Gasteiger partial charge in [-0.1, -0.05) is 0 Å². The molecule has 0 spiro atoms. The highest BCUT2D eigenvalue weighted by Gasteiger charge is 2.33. The second-order valence-corrected chi connectivity index (χ2v) is 5.69. The van der Waals surface area contributed by atoms with Gasteiger partial charge in [0.05, 0.1) is 6.07 Å². The number of nitrogens with zero attached hydrogens (tertiary/aromatic N) is 2. The van der Waals surface area contributed by atoms with Crippen LogP contribution in [0.1, 0.15) is 13.8 Å². The van der Waals surface area contributed by atoms with Crippen LogP contribution in [0.15, 0.2) is 0 Å². The molecule has 0 bridgehead atoms. The van der Waals surface area contributed by atoms with E-state index in [0.717, 1.165) is 0 Å². The van der Waals surface area contributed by atoms with Crippen LogP contribution in [-0.2, 0) is 10.0 Å². The van der Waals surface area contributed by atoms with Gasteiger partial charge in [0, 0.05) is 25.7 Å². The van der Waals surface area contributed by atoms with E-state index < -0.39 is 15.3 Å². The minimum absolute atomic E-state index is 0.0652. The number of nitriles is 1. The summed E-state index contributed by atoms with van der Waals surface area (Å²) in [5, 5.41) is 10.8. The molecular weight excluding hydrogens is 202 g/mol. The molecule has 1 unspecified atom stereocenters. The Kier molecular flexibility index (Phi) is 3.48. The van der Waals surface area contributed by atoms with Gasteiger partial charge in [-0.2, -0.15) is 9.57 Å². The van der Waals surface area contributed by atoms with Gasteiger partial charge in [-0.25, -0.2) is 8.42 Å². The standard InChI is InChI=1S/C8H15N3O2S/c1-7-6-10-3-4-11(7)14(12,13)8(2)5-9/h7-8,10H,3-4,6H2,1-2H3/t7-,8?/m1/s1. The zero-order chi connectivity index (χ0) is 10.8. The molecule has 6 heteroatoms. The van der Waals surface area contributed by atoms with Gasteiger partial charge in [-0.15, -0.1) is 0 Å². The average Bonchev–Trinajstić information content (AvgIpc) is 2.17. The molecule has 1 N–H and O–H groups in total. The SMILES string of the molecule is CC(C#N)S(=O)(=O)N1CCNC[C@H]1C. The zero-order valence-corrected chi connectivity index (χ0v) is 9.21. The van der Waals surface area contributed by atoms with Crippen LogP contribution in [0.4, 0.5) is 0 Å². The molecular formula is C8H15N3O2S. The molecule has 0 radical (unpaired) electrons. The summed E-state index contributed by atoms with van der Waals surface area (Å²) in [6, 6.07) is 1.71. The van der Waals surface area contributed by atoms with E-state index in [2.05, 4.69) is 5.32 Å². The molecule has 2 atom stereocenters. The summed E-state index contributed by atoms with van der Waals surface area (Å²) in [7, 11) is -3.43. The van der Waals surface area contributed by atoms with Crippen molar-refractivity contribution >= 4 is 10.0 Å². The molecule has 0 aliphatic carbocycles. The van der Waals surface area contributed by atoms with Crippen LogP contribution in [0.5, 0.6) is 0 Å². The van der Waals surface area contributed by atoms with E-state index in [1.54, 1.807) is 6.07 Å². The summed E-state index contributed by atoms with van der Waals surface area (Å²) in [5.74, 6) is 0. The molecule has 5 nitrogen and oxygen atoms in total. The lowest BCUT2D eigenvalue weighted by atomic mass is 10.3. The molecule has 80 valence electrons. The Balaban J connectivity index is 2.87. The molecule has 0 aromatic heterocycles. The van der Waals surface area contributed by atoms with E-state index in [1.165, 1.54) is 11.2 Å². The number of hydrogen-bond donors (Lipinski definition) is 1. The summed E-state index contributed by atoms with van der Waals surface area (Å²) < 4.78 is 25.0. The summed E-state index contributed by atoms with van der Waals surface area (Å²) in [4.78, 5) is 0. The van der Waals surface area contributed by atoms with E-state index in [1.807, 2.05) is 6.92 Å². The third kappa shape index (κ3) is 2.05. The molecule has 1 aliphatic heterocycles. The first-order chi connectivity index (χ1) is 6.50. The van der Waals surface area contributed by atoms with Crippen molar-refractivity contribution in [2.75, 3.05) is 19.6 Å². The number of nitrogens with one attached hydrogen (secondary N) is 1. The Labute approximate surface area is 84.8 Å². The highest BCUT2D eigenvalue weighted by atomic mass is 32.2. The maximum absolute atomic E-state index is 11.8. The highest BCUT2D eigenvalue weighted by Crippen LogP contribution is 2.13. The topological polar surface area (TPSA) is 73.2 Å². The van der Waals surface area contributed by atoms with Gasteiger partial charge < -0.3 is 5.32 Å². The van der Waals surface area contributed by atoms with E-state index in [4.69, 9.17) is 5.26 Å². The largest absolute Gasteiger partial charge is 0.314 e. The summed E-state index contributed by atoms with van der Waals surface area (Å²) in [5.41, 5.74) is 0. The number of piperazine rings is 1. The van der Waals surface area contributed by atoms with E-state index in [0.29, 0.717) is 19.6 Å². The molecule has 1 aliphatic rings. The van der Waals surface area contributed by atoms with Crippen molar-refractivity contribution in [2.45, 2.75) is 25.1 Å². The molecule has 0 aromatic carbocycles. The third-order valence-electron chi connectivity index (χ3n) is 2.40. The Morgan fingerprint density at radius 3 is 2.79 bits per heavy atom. The van der Waals surface area contributed by atoms with Gasteiger partial charge in [-0.3, -0.25) is 0 Å². The van der Waals surface area contributed by atoms with Crippen LogP contribution in [0.2, 0.25) is 0 Å². The fraction of sp³-hybridized carbons (Fsp3) is 0.875. The predicted molar refractivity (Wildman–Crippen MR) is 53.0 cm³/mol. The Hall–Kier alpha value is -0.640. The van der Waals surface area contributed by atoms with Gasteiger partial charge in [0.25, 0.3) is 0 Å². The molecule has 1 rings (SSSR count). The Morgan fingerprint density at radius 1 is 1.64 bits per heavy atom. The quantitative estimate of drug-likeness (QED) is 0.678. The lowest BCUT2D eigenvalue weighted by molar-refractivity contribution is 0.283. The van der Waals surface area contributed by atoms with Gasteiger partial charge in [-0.05, 0) is 13.8 Å². The number of rotatable bonds is 2. The number of sulfonamides is 1. The smallest absolute Gasteiger partial charge is 0.230 e. The van der Waals surface area contributed by atoms with Crippen molar-refractivity contribution in [3.05, 3.63) is 0 Å². The van der Waals surface area contributed by atoms with E-state index in [9.17, 15) is 8.42 Å². The first-order valence-electron chi connectivity index (χ1n) is 4.61. The van der Waals surface area contributed by atoms with Crippen LogP contribution in [0, 0.1) is 11.3 Å². The fourth-order valence-corrected chi connectivity index (χ4v) is 2.93. The monoisotopic (exact) mass is 217 g/mol. The van der Waals surface area contributed by atoms with Crippen molar-refractivity contribution in [1.82, 2.24) is 9.62 Å². The lowest BCUT2D eigenvalue weighted by Crippen LogP contribution is -2.53. The maximum Gasteiger partial charge on any atom is 0.230 e. The molecule has 1 saturated heterocycles. The van der Waals surface area contributed by atoms with Crippen LogP contribution in [-0.4, -0.2) is 43.6 Å². The van der Waals surface area contributed by atoms with Crippen molar-refractivity contribution in [1.29, 1.82) is 5.26 Å². The van der Waals surface area contributed by atoms with Gasteiger partial charge in [0.1, 0.15) is 0 Å². The molecule has 0 saturated carbocycles. The second-order valence-electron chi connectivity index (χ2n) is 3.48. The van der Waals surface area contributed by atoms with E-state index in [-0.39, 0.29) is 6.04 Å². The second kappa shape index (κ2) is 4.26. The Morgan fingerprint density at radius 2 is 2.29 bits per heavy atom. The van der Waals surface area contributed by atoms with Crippen molar-refractivity contribution in [3.63, 3.8) is 0 Å². The molecule has 1 heterocycles. The summed E-state index contributed by atoms with van der Waals surface area (Å²) >= 11 is 0. The normalized spacial score (nSPS) is 26.8. The van der Waals surface area contributed by atoms with Gasteiger partial charge in [0.15, 0.2) is 5.25 Å². The molecule has 0 amide bonds. The number of hydrogen-bond acceptors (Lipinski definition) is 4. The summed E-state index contributed by atoms with van der Waals surface area (Å²) in [6.45, 7) is 5.02. The van der Waals surface area contributed by atoms with Crippen LogP contribution >= 0.6 is 0 Å². The van der Waals surface area contributed by atoms with Crippen molar-refractivity contribution < 1.29 is 8.42 Å². The lowest BCUT2D eigenvalue weighted by Gasteiger charge is -2.33. The minimum Gasteiger partial charge on any atom is -0.314 e. The Bertz CT molecular complexity index is 333. The van der Waals surface area contributed by atoms with Crippen molar-refractivity contribution in [3.8, 4) is 6.07 Å². The first-order valence-corrected chi connectivity index (χ1v) is 6.11. The average molecular weight is 217 g/mol. The maximum atomic E-state index is 11.8. The van der Waals surface area contributed by atoms with Gasteiger partial charge in [0.2, 0.25) is 10.0 Å². The van der Waals surface area contributed by atoms with Crippen LogP contribution < -0.4 is 5.32 Å². The van der Waals surface area contributed by atoms with Crippen LogP contribution in [0.25, 0.3) is 0 Å². The third-order valence-corrected chi connectivity index (χ3v) is 4.59. The minimum atomic E-state index is -3.43. The van der Waals surface area contributed by atoms with Crippen LogP contribution in [0.3, 0.4) is 0 Å². The highest BCUT2D eigenvalue weighted by molar-refractivity contribution is 7.90. The molecule has 14 heavy (non-hydrogen) atoms. The molecule has 0 aromatic rings. The summed E-state index contributed by atoms with van der Waals surface area (Å²) in [6.07, 6.45) is 0. The van der Waals surface area contributed by atoms with E-state index >= 15 is 0 Å². The zero-order valence-electron chi connectivity index (χ0n) is 8.40. The first kappa shape index (κ1) is 11.4. The van der Waals surface area contributed by atoms with Crippen molar-refractivity contribution in [2.24, 2.45) is 0 Å². The fourth-order valence-electron chi connectivity index (χ4n) is 1.47. The van der Waals surface area contributed by atoms with Gasteiger partial charge >= 0.3 is 0 Å². The molecule has 1 fully saturated rings.